The Kier molecular flexibility index (Phi) is 6.59. The maximum atomic E-state index is 6.28. The number of hydrogen-bond donors (Lipinski definition) is 2. The van der Waals surface area contributed by atoms with Crippen LogP contribution in [0.1, 0.15) is 24.8 Å². The van der Waals surface area contributed by atoms with Gasteiger partial charge in [0.2, 0.25) is 11.9 Å². The summed E-state index contributed by atoms with van der Waals surface area (Å²) in [5.74, 6) is 1.69. The van der Waals surface area contributed by atoms with E-state index in [-0.39, 0.29) is 18.1 Å². The molecule has 0 bridgehead atoms. The SMILES string of the molecule is Nc1ncc(-c2cc(N[C@@H]3CCC[C@H]3OCc3ccccc3)nc(N3CCOCC3)n2)cn1. The number of nitrogens with two attached hydrogens (primary N) is 1. The molecule has 1 saturated heterocycles. The number of hydrogen-bond acceptors (Lipinski definition) is 9. The molecule has 0 radical (unpaired) electrons. The molecule has 1 saturated carbocycles. The van der Waals surface area contributed by atoms with Crippen molar-refractivity contribution in [3.8, 4) is 11.3 Å². The van der Waals surface area contributed by atoms with Gasteiger partial charge in [0, 0.05) is 37.1 Å². The monoisotopic (exact) mass is 447 g/mol. The van der Waals surface area contributed by atoms with E-state index in [4.69, 9.17) is 25.2 Å². The quantitative estimate of drug-likeness (QED) is 0.565. The molecule has 3 N–H and O–H groups in total. The maximum Gasteiger partial charge on any atom is 0.228 e. The number of ether oxygens (including phenoxy) is 2. The fraction of sp³-hybridized carbons (Fsp3) is 0.417. The molecule has 1 aromatic carbocycles. The molecule has 33 heavy (non-hydrogen) atoms. The molecule has 172 valence electrons. The maximum absolute atomic E-state index is 6.28. The van der Waals surface area contributed by atoms with Crippen LogP contribution in [0.5, 0.6) is 0 Å². The third kappa shape index (κ3) is 5.37. The highest BCUT2D eigenvalue weighted by Gasteiger charge is 2.29. The van der Waals surface area contributed by atoms with Gasteiger partial charge in [-0.15, -0.1) is 0 Å². The Balaban J connectivity index is 1.36. The van der Waals surface area contributed by atoms with Crippen molar-refractivity contribution in [3.63, 3.8) is 0 Å². The predicted molar refractivity (Wildman–Crippen MR) is 127 cm³/mol. The zero-order chi connectivity index (χ0) is 22.5. The van der Waals surface area contributed by atoms with Gasteiger partial charge in [0.05, 0.1) is 37.7 Å². The third-order valence-electron chi connectivity index (χ3n) is 6.07. The zero-order valence-electron chi connectivity index (χ0n) is 18.6. The van der Waals surface area contributed by atoms with Crippen LogP contribution in [0.4, 0.5) is 17.7 Å². The molecule has 9 heteroatoms. The molecule has 0 amide bonds. The van der Waals surface area contributed by atoms with Crippen LogP contribution >= 0.6 is 0 Å². The van der Waals surface area contributed by atoms with Crippen molar-refractivity contribution in [1.29, 1.82) is 0 Å². The fourth-order valence-corrected chi connectivity index (χ4v) is 4.29. The van der Waals surface area contributed by atoms with Crippen molar-refractivity contribution in [3.05, 3.63) is 54.4 Å². The van der Waals surface area contributed by atoms with Gasteiger partial charge in [0.1, 0.15) is 5.82 Å². The molecule has 3 aromatic rings. The van der Waals surface area contributed by atoms with Crippen LogP contribution in [0.25, 0.3) is 11.3 Å². The highest BCUT2D eigenvalue weighted by Crippen LogP contribution is 2.28. The minimum absolute atomic E-state index is 0.135. The van der Waals surface area contributed by atoms with Gasteiger partial charge in [0.25, 0.3) is 0 Å². The highest BCUT2D eigenvalue weighted by molar-refractivity contribution is 5.63. The molecule has 0 unspecified atom stereocenters. The van der Waals surface area contributed by atoms with Gasteiger partial charge in [0.15, 0.2) is 0 Å². The van der Waals surface area contributed by atoms with Crippen molar-refractivity contribution in [2.45, 2.75) is 38.0 Å². The molecule has 9 nitrogen and oxygen atoms in total. The standard InChI is InChI=1S/C24H29N7O2/c25-23-26-14-18(15-27-23)20-13-22(30-24(29-20)31-9-11-32-12-10-31)28-19-7-4-8-21(19)33-16-17-5-2-1-3-6-17/h1-3,5-6,13-15,19,21H,4,7-12,16H2,(H2,25,26,27)(H,28,29,30)/t19-,21-/m1/s1. The largest absolute Gasteiger partial charge is 0.378 e. The summed E-state index contributed by atoms with van der Waals surface area (Å²) in [6.07, 6.45) is 6.71. The number of nitrogen functional groups attached to an aromatic ring is 1. The summed E-state index contributed by atoms with van der Waals surface area (Å²) in [6.45, 7) is 3.46. The summed E-state index contributed by atoms with van der Waals surface area (Å²) in [5.41, 5.74) is 8.42. The van der Waals surface area contributed by atoms with E-state index in [0.717, 1.165) is 49.4 Å². The molecule has 0 spiro atoms. The predicted octanol–water partition coefficient (Wildman–Crippen LogP) is 2.90. The van der Waals surface area contributed by atoms with Crippen LogP contribution in [0.2, 0.25) is 0 Å². The lowest BCUT2D eigenvalue weighted by Gasteiger charge is -2.28. The van der Waals surface area contributed by atoms with Gasteiger partial charge in [-0.3, -0.25) is 0 Å². The van der Waals surface area contributed by atoms with E-state index < -0.39 is 0 Å². The summed E-state index contributed by atoms with van der Waals surface area (Å²) in [5, 5.41) is 3.63. The van der Waals surface area contributed by atoms with E-state index in [1.807, 2.05) is 24.3 Å². The molecule has 2 aliphatic rings. The van der Waals surface area contributed by atoms with E-state index >= 15 is 0 Å². The molecule has 3 heterocycles. The van der Waals surface area contributed by atoms with E-state index in [1.54, 1.807) is 12.4 Å². The molecule has 5 rings (SSSR count). The van der Waals surface area contributed by atoms with Crippen LogP contribution < -0.4 is 16.0 Å². The molecular weight excluding hydrogens is 418 g/mol. The Morgan fingerprint density at radius 2 is 1.85 bits per heavy atom. The van der Waals surface area contributed by atoms with Gasteiger partial charge in [-0.1, -0.05) is 30.3 Å². The second kappa shape index (κ2) is 10.1. The number of rotatable bonds is 7. The normalized spacial score (nSPS) is 20.7. The number of anilines is 3. The van der Waals surface area contributed by atoms with Crippen molar-refractivity contribution in [2.24, 2.45) is 0 Å². The van der Waals surface area contributed by atoms with Gasteiger partial charge < -0.3 is 25.4 Å². The van der Waals surface area contributed by atoms with E-state index in [9.17, 15) is 0 Å². The van der Waals surface area contributed by atoms with Gasteiger partial charge >= 0.3 is 0 Å². The van der Waals surface area contributed by atoms with Crippen LogP contribution in [-0.2, 0) is 16.1 Å². The summed E-state index contributed by atoms with van der Waals surface area (Å²) >= 11 is 0. The number of morpholine rings is 1. The van der Waals surface area contributed by atoms with Crippen molar-refractivity contribution in [1.82, 2.24) is 19.9 Å². The third-order valence-corrected chi connectivity index (χ3v) is 6.07. The Morgan fingerprint density at radius 3 is 2.64 bits per heavy atom. The molecule has 1 aliphatic heterocycles. The first kappa shape index (κ1) is 21.5. The van der Waals surface area contributed by atoms with E-state index in [0.29, 0.717) is 25.8 Å². The average Bonchev–Trinajstić information content (AvgIpc) is 3.31. The Morgan fingerprint density at radius 1 is 1.06 bits per heavy atom. The first-order valence-corrected chi connectivity index (χ1v) is 11.5. The minimum atomic E-state index is 0.135. The first-order valence-electron chi connectivity index (χ1n) is 11.5. The lowest BCUT2D eigenvalue weighted by molar-refractivity contribution is 0.0394. The van der Waals surface area contributed by atoms with Gasteiger partial charge in [-0.05, 0) is 24.8 Å². The number of benzene rings is 1. The topological polar surface area (TPSA) is 111 Å². The second-order valence-corrected chi connectivity index (χ2v) is 8.38. The van der Waals surface area contributed by atoms with Crippen LogP contribution in [0, 0.1) is 0 Å². The molecule has 2 atom stereocenters. The first-order chi connectivity index (χ1) is 16.2. The zero-order valence-corrected chi connectivity index (χ0v) is 18.6. The summed E-state index contributed by atoms with van der Waals surface area (Å²) in [7, 11) is 0. The number of nitrogens with one attached hydrogen (secondary N) is 1. The molecule has 2 aromatic heterocycles. The number of nitrogens with zero attached hydrogens (tertiary/aromatic N) is 5. The molecular formula is C24H29N7O2. The summed E-state index contributed by atoms with van der Waals surface area (Å²) in [6, 6.07) is 12.4. The van der Waals surface area contributed by atoms with Gasteiger partial charge in [-0.25, -0.2) is 15.0 Å². The van der Waals surface area contributed by atoms with Crippen LogP contribution in [-0.4, -0.2) is 58.4 Å². The van der Waals surface area contributed by atoms with Gasteiger partial charge in [-0.2, -0.15) is 4.98 Å². The lowest BCUT2D eigenvalue weighted by atomic mass is 10.2. The summed E-state index contributed by atoms with van der Waals surface area (Å²) < 4.78 is 11.8. The Bertz CT molecular complexity index is 1040. The summed E-state index contributed by atoms with van der Waals surface area (Å²) in [4.78, 5) is 20.0. The van der Waals surface area contributed by atoms with E-state index in [1.165, 1.54) is 5.56 Å². The smallest absolute Gasteiger partial charge is 0.228 e. The fourth-order valence-electron chi connectivity index (χ4n) is 4.29. The van der Waals surface area contributed by atoms with E-state index in [2.05, 4.69) is 32.3 Å². The van der Waals surface area contributed by atoms with Crippen molar-refractivity contribution in [2.75, 3.05) is 42.3 Å². The minimum Gasteiger partial charge on any atom is -0.378 e. The Hall–Kier alpha value is -3.30. The molecule has 2 fully saturated rings. The molecule has 1 aliphatic carbocycles. The van der Waals surface area contributed by atoms with Crippen molar-refractivity contribution >= 4 is 17.7 Å². The Labute approximate surface area is 193 Å². The average molecular weight is 448 g/mol. The lowest BCUT2D eigenvalue weighted by Crippen LogP contribution is -2.37. The van der Waals surface area contributed by atoms with Crippen LogP contribution in [0.15, 0.2) is 48.8 Å². The highest BCUT2D eigenvalue weighted by atomic mass is 16.5. The van der Waals surface area contributed by atoms with Crippen LogP contribution in [0.3, 0.4) is 0 Å². The number of aromatic nitrogens is 4. The van der Waals surface area contributed by atoms with Crippen molar-refractivity contribution < 1.29 is 9.47 Å². The second-order valence-electron chi connectivity index (χ2n) is 8.38.